The molecule has 0 unspecified atom stereocenters. The van der Waals surface area contributed by atoms with Crippen molar-refractivity contribution in [2.24, 2.45) is 0 Å². The summed E-state index contributed by atoms with van der Waals surface area (Å²) in [6.45, 7) is 4.92. The van der Waals surface area contributed by atoms with Crippen LogP contribution < -0.4 is 10.2 Å². The van der Waals surface area contributed by atoms with E-state index in [0.29, 0.717) is 11.7 Å². The van der Waals surface area contributed by atoms with E-state index < -0.39 is 11.7 Å². The van der Waals surface area contributed by atoms with Crippen LogP contribution >= 0.6 is 12.4 Å². The number of nitrogens with one attached hydrogen (secondary N) is 1. The third kappa shape index (κ3) is 6.88. The minimum Gasteiger partial charge on any atom is -0.424 e. The standard InChI is InChI=1S/C24H27F3N4O.ClH/c25-24(26,27)20-9-6-10-21(17-20)31-15-13-30(14-16-31)12-5-4-11-28-23-29-18-22(32-23)19-7-2-1-3-8-19;/h1-3,6-10,17-18H,4-5,11-16H2,(H,28,29);1H. The van der Waals surface area contributed by atoms with Crippen LogP contribution in [0.2, 0.25) is 0 Å². The molecule has 0 bridgehead atoms. The average molecular weight is 481 g/mol. The number of nitrogens with zero attached hydrogens (tertiary/aromatic N) is 3. The number of oxazole rings is 1. The van der Waals surface area contributed by atoms with Crippen LogP contribution in [0.3, 0.4) is 0 Å². The lowest BCUT2D eigenvalue weighted by molar-refractivity contribution is -0.137. The molecule has 3 aromatic rings. The fourth-order valence-electron chi connectivity index (χ4n) is 3.86. The van der Waals surface area contributed by atoms with E-state index in [1.165, 1.54) is 12.1 Å². The van der Waals surface area contributed by atoms with Crippen molar-refractivity contribution in [3.05, 3.63) is 66.4 Å². The molecule has 2 aromatic carbocycles. The van der Waals surface area contributed by atoms with Gasteiger partial charge in [-0.05, 0) is 37.6 Å². The van der Waals surface area contributed by atoms with Crippen LogP contribution in [-0.4, -0.2) is 49.2 Å². The average Bonchev–Trinajstić information content (AvgIpc) is 3.28. The smallest absolute Gasteiger partial charge is 0.416 e. The fraction of sp³-hybridized carbons (Fsp3) is 0.375. The van der Waals surface area contributed by atoms with Crippen molar-refractivity contribution >= 4 is 24.1 Å². The van der Waals surface area contributed by atoms with E-state index in [2.05, 4.69) is 15.2 Å². The van der Waals surface area contributed by atoms with Gasteiger partial charge in [-0.1, -0.05) is 36.4 Å². The summed E-state index contributed by atoms with van der Waals surface area (Å²) >= 11 is 0. The van der Waals surface area contributed by atoms with Crippen LogP contribution in [0.15, 0.2) is 65.2 Å². The molecule has 5 nitrogen and oxygen atoms in total. The summed E-state index contributed by atoms with van der Waals surface area (Å²) in [5, 5.41) is 3.22. The van der Waals surface area contributed by atoms with Crippen LogP contribution in [0, 0.1) is 0 Å². The number of anilines is 2. The highest BCUT2D eigenvalue weighted by molar-refractivity contribution is 5.85. The van der Waals surface area contributed by atoms with Crippen molar-refractivity contribution < 1.29 is 17.6 Å². The van der Waals surface area contributed by atoms with Gasteiger partial charge in [-0.15, -0.1) is 12.4 Å². The Kier molecular flexibility index (Phi) is 8.63. The Bertz CT molecular complexity index is 989. The minimum atomic E-state index is -4.31. The Morgan fingerprint density at radius 2 is 1.70 bits per heavy atom. The SMILES string of the molecule is Cl.FC(F)(F)c1cccc(N2CCN(CCCCNc3ncc(-c4ccccc4)o3)CC2)c1. The molecule has 0 saturated carbocycles. The summed E-state index contributed by atoms with van der Waals surface area (Å²) in [4.78, 5) is 8.67. The molecule has 1 aromatic heterocycles. The Morgan fingerprint density at radius 1 is 0.939 bits per heavy atom. The molecule has 0 radical (unpaired) electrons. The van der Waals surface area contributed by atoms with E-state index in [1.54, 1.807) is 12.3 Å². The lowest BCUT2D eigenvalue weighted by atomic mass is 10.1. The number of halogens is 4. The van der Waals surface area contributed by atoms with Crippen LogP contribution in [0.25, 0.3) is 11.3 Å². The number of alkyl halides is 3. The topological polar surface area (TPSA) is 44.5 Å². The highest BCUT2D eigenvalue weighted by Crippen LogP contribution is 2.32. The maximum absolute atomic E-state index is 12.9. The van der Waals surface area contributed by atoms with Gasteiger partial charge in [-0.3, -0.25) is 4.90 Å². The van der Waals surface area contributed by atoms with Crippen molar-refractivity contribution in [1.82, 2.24) is 9.88 Å². The molecule has 0 atom stereocenters. The molecule has 1 fully saturated rings. The van der Waals surface area contributed by atoms with E-state index in [1.807, 2.05) is 35.2 Å². The van der Waals surface area contributed by atoms with E-state index >= 15 is 0 Å². The summed E-state index contributed by atoms with van der Waals surface area (Å²) in [5.74, 6) is 0.742. The zero-order valence-corrected chi connectivity index (χ0v) is 19.0. The van der Waals surface area contributed by atoms with E-state index in [4.69, 9.17) is 4.42 Å². The maximum Gasteiger partial charge on any atom is 0.416 e. The first kappa shape index (κ1) is 24.9. The summed E-state index contributed by atoms with van der Waals surface area (Å²) in [7, 11) is 0. The molecule has 178 valence electrons. The lowest BCUT2D eigenvalue weighted by Crippen LogP contribution is -2.46. The summed E-state index contributed by atoms with van der Waals surface area (Å²) in [6.07, 6.45) is -0.568. The van der Waals surface area contributed by atoms with Crippen molar-refractivity contribution in [2.75, 3.05) is 49.5 Å². The number of hydrogen-bond acceptors (Lipinski definition) is 5. The molecular formula is C24H28ClF3N4O. The van der Waals surface area contributed by atoms with Crippen molar-refractivity contribution in [3.63, 3.8) is 0 Å². The molecule has 1 N–H and O–H groups in total. The Morgan fingerprint density at radius 3 is 2.42 bits per heavy atom. The zero-order valence-electron chi connectivity index (χ0n) is 18.2. The molecule has 4 rings (SSSR count). The summed E-state index contributed by atoms with van der Waals surface area (Å²) in [5.41, 5.74) is 1.05. The predicted octanol–water partition coefficient (Wildman–Crippen LogP) is 5.80. The van der Waals surface area contributed by atoms with Gasteiger partial charge in [0.15, 0.2) is 5.76 Å². The maximum atomic E-state index is 12.9. The van der Waals surface area contributed by atoms with Gasteiger partial charge in [-0.25, -0.2) is 4.98 Å². The highest BCUT2D eigenvalue weighted by Gasteiger charge is 2.31. The molecule has 33 heavy (non-hydrogen) atoms. The molecule has 2 heterocycles. The van der Waals surface area contributed by atoms with Crippen molar-refractivity contribution in [3.8, 4) is 11.3 Å². The van der Waals surface area contributed by atoms with Crippen molar-refractivity contribution in [1.29, 1.82) is 0 Å². The second kappa shape index (κ2) is 11.4. The van der Waals surface area contributed by atoms with Crippen LogP contribution in [0.1, 0.15) is 18.4 Å². The van der Waals surface area contributed by atoms with Gasteiger partial charge in [0.25, 0.3) is 6.01 Å². The van der Waals surface area contributed by atoms with Crippen LogP contribution in [0.5, 0.6) is 0 Å². The number of aromatic nitrogens is 1. The van der Waals surface area contributed by atoms with Gasteiger partial charge >= 0.3 is 6.18 Å². The fourth-order valence-corrected chi connectivity index (χ4v) is 3.86. The number of piperazine rings is 1. The third-order valence-corrected chi connectivity index (χ3v) is 5.65. The molecule has 1 saturated heterocycles. The van der Waals surface area contributed by atoms with Gasteiger partial charge in [0.05, 0.1) is 11.8 Å². The number of hydrogen-bond donors (Lipinski definition) is 1. The van der Waals surface area contributed by atoms with Crippen LogP contribution in [0.4, 0.5) is 24.9 Å². The van der Waals surface area contributed by atoms with Gasteiger partial charge in [0.2, 0.25) is 0 Å². The molecule has 0 amide bonds. The molecule has 0 spiro atoms. The second-order valence-corrected chi connectivity index (χ2v) is 7.91. The second-order valence-electron chi connectivity index (χ2n) is 7.91. The Hall–Kier alpha value is -2.71. The van der Waals surface area contributed by atoms with Gasteiger partial charge in [0.1, 0.15) is 0 Å². The normalized spacial score (nSPS) is 14.7. The quantitative estimate of drug-likeness (QED) is 0.413. The van der Waals surface area contributed by atoms with Gasteiger partial charge in [0, 0.05) is 44.0 Å². The zero-order chi connectivity index (χ0) is 22.4. The lowest BCUT2D eigenvalue weighted by Gasteiger charge is -2.36. The number of benzene rings is 2. The third-order valence-electron chi connectivity index (χ3n) is 5.65. The first-order chi connectivity index (χ1) is 15.5. The number of rotatable bonds is 8. The van der Waals surface area contributed by atoms with Gasteiger partial charge in [-0.2, -0.15) is 13.2 Å². The first-order valence-corrected chi connectivity index (χ1v) is 10.9. The van der Waals surface area contributed by atoms with E-state index in [9.17, 15) is 13.2 Å². The largest absolute Gasteiger partial charge is 0.424 e. The molecular weight excluding hydrogens is 453 g/mol. The minimum absolute atomic E-state index is 0. The van der Waals surface area contributed by atoms with Crippen LogP contribution in [-0.2, 0) is 6.18 Å². The van der Waals surface area contributed by atoms with E-state index in [0.717, 1.165) is 69.5 Å². The number of unbranched alkanes of at least 4 members (excludes halogenated alkanes) is 1. The Labute approximate surface area is 198 Å². The predicted molar refractivity (Wildman–Crippen MR) is 127 cm³/mol. The summed E-state index contributed by atoms with van der Waals surface area (Å²) < 4.78 is 44.6. The molecule has 1 aliphatic rings. The molecule has 1 aliphatic heterocycles. The summed E-state index contributed by atoms with van der Waals surface area (Å²) in [6, 6.07) is 16.0. The van der Waals surface area contributed by atoms with E-state index in [-0.39, 0.29) is 12.4 Å². The highest BCUT2D eigenvalue weighted by atomic mass is 35.5. The van der Waals surface area contributed by atoms with Gasteiger partial charge < -0.3 is 14.6 Å². The first-order valence-electron chi connectivity index (χ1n) is 10.9. The monoisotopic (exact) mass is 480 g/mol. The Balaban J connectivity index is 0.00000306. The molecule has 0 aliphatic carbocycles. The van der Waals surface area contributed by atoms with Crippen molar-refractivity contribution in [2.45, 2.75) is 19.0 Å². The molecule has 9 heteroatoms.